The van der Waals surface area contributed by atoms with Gasteiger partial charge in [-0.2, -0.15) is 0 Å². The van der Waals surface area contributed by atoms with E-state index in [0.29, 0.717) is 30.3 Å². The Hall–Kier alpha value is -2.73. The van der Waals surface area contributed by atoms with Gasteiger partial charge in [-0.3, -0.25) is 9.59 Å². The van der Waals surface area contributed by atoms with Crippen LogP contribution < -0.4 is 10.6 Å². The van der Waals surface area contributed by atoms with E-state index < -0.39 is 0 Å². The van der Waals surface area contributed by atoms with Crippen molar-refractivity contribution in [1.82, 2.24) is 4.98 Å². The molecule has 2 aromatic rings. The fourth-order valence-corrected chi connectivity index (χ4v) is 2.31. The van der Waals surface area contributed by atoms with Crippen molar-refractivity contribution in [2.45, 2.75) is 6.42 Å². The summed E-state index contributed by atoms with van der Waals surface area (Å²) >= 11 is 0. The van der Waals surface area contributed by atoms with Gasteiger partial charge in [0, 0.05) is 12.2 Å². The Kier molecular flexibility index (Phi) is 4.63. The normalized spacial score (nSPS) is 16.8. The van der Waals surface area contributed by atoms with Crippen LogP contribution in [0.2, 0.25) is 0 Å². The van der Waals surface area contributed by atoms with Gasteiger partial charge in [0.15, 0.2) is 0 Å². The lowest BCUT2D eigenvalue weighted by Crippen LogP contribution is -2.22. The van der Waals surface area contributed by atoms with E-state index in [1.807, 2.05) is 6.07 Å². The molecule has 2 amide bonds. The molecule has 1 atom stereocenters. The van der Waals surface area contributed by atoms with Crippen molar-refractivity contribution >= 4 is 23.3 Å². The predicted octanol–water partition coefficient (Wildman–Crippen LogP) is 2.31. The van der Waals surface area contributed by atoms with Crippen LogP contribution in [0.15, 0.2) is 48.7 Å². The molecular weight excluding hydrogens is 294 g/mol. The summed E-state index contributed by atoms with van der Waals surface area (Å²) < 4.78 is 5.20. The monoisotopic (exact) mass is 311 g/mol. The zero-order chi connectivity index (χ0) is 16.1. The number of rotatable bonds is 4. The van der Waals surface area contributed by atoms with Crippen LogP contribution >= 0.6 is 0 Å². The predicted molar refractivity (Wildman–Crippen MR) is 86.2 cm³/mol. The van der Waals surface area contributed by atoms with E-state index >= 15 is 0 Å². The lowest BCUT2D eigenvalue weighted by Gasteiger charge is -2.10. The van der Waals surface area contributed by atoms with Gasteiger partial charge in [-0.15, -0.1) is 0 Å². The van der Waals surface area contributed by atoms with Gasteiger partial charge in [0.1, 0.15) is 5.82 Å². The van der Waals surface area contributed by atoms with Crippen molar-refractivity contribution in [2.75, 3.05) is 23.8 Å². The Morgan fingerprint density at radius 3 is 2.57 bits per heavy atom. The van der Waals surface area contributed by atoms with E-state index in [4.69, 9.17) is 4.74 Å². The zero-order valence-corrected chi connectivity index (χ0v) is 12.5. The van der Waals surface area contributed by atoms with E-state index in [2.05, 4.69) is 15.6 Å². The van der Waals surface area contributed by atoms with Crippen molar-refractivity contribution in [1.29, 1.82) is 0 Å². The molecule has 1 aromatic heterocycles. The van der Waals surface area contributed by atoms with Gasteiger partial charge in [-0.05, 0) is 30.7 Å². The second-order valence-electron chi connectivity index (χ2n) is 5.30. The number of benzene rings is 1. The molecule has 0 bridgehead atoms. The van der Waals surface area contributed by atoms with Gasteiger partial charge in [0.2, 0.25) is 5.91 Å². The van der Waals surface area contributed by atoms with Gasteiger partial charge in [-0.1, -0.05) is 18.2 Å². The summed E-state index contributed by atoms with van der Waals surface area (Å²) in [6, 6.07) is 12.3. The Labute approximate surface area is 133 Å². The number of carbonyl (C=O) groups excluding carboxylic acids is 2. The fourth-order valence-electron chi connectivity index (χ4n) is 2.31. The van der Waals surface area contributed by atoms with Crippen LogP contribution in [0.3, 0.4) is 0 Å². The van der Waals surface area contributed by atoms with Crippen molar-refractivity contribution in [3.8, 4) is 0 Å². The van der Waals surface area contributed by atoms with Crippen molar-refractivity contribution in [2.24, 2.45) is 5.92 Å². The lowest BCUT2D eigenvalue weighted by atomic mass is 10.1. The first-order valence-corrected chi connectivity index (χ1v) is 7.43. The van der Waals surface area contributed by atoms with Gasteiger partial charge in [-0.25, -0.2) is 4.98 Å². The number of nitrogens with one attached hydrogen (secondary N) is 2. The van der Waals surface area contributed by atoms with Gasteiger partial charge < -0.3 is 15.4 Å². The van der Waals surface area contributed by atoms with Crippen LogP contribution in [-0.2, 0) is 9.53 Å². The summed E-state index contributed by atoms with van der Waals surface area (Å²) in [5.41, 5.74) is 1.16. The largest absolute Gasteiger partial charge is 0.381 e. The molecule has 0 radical (unpaired) electrons. The van der Waals surface area contributed by atoms with Crippen LogP contribution in [0.1, 0.15) is 16.8 Å². The maximum Gasteiger partial charge on any atom is 0.256 e. The number of aromatic nitrogens is 1. The second-order valence-corrected chi connectivity index (χ2v) is 5.30. The summed E-state index contributed by atoms with van der Waals surface area (Å²) in [5, 5.41) is 5.51. The Morgan fingerprint density at radius 2 is 1.91 bits per heavy atom. The smallest absolute Gasteiger partial charge is 0.256 e. The Bertz CT molecular complexity index is 680. The number of pyridine rings is 1. The number of hydrogen-bond acceptors (Lipinski definition) is 4. The van der Waals surface area contributed by atoms with E-state index in [1.54, 1.807) is 36.4 Å². The number of hydrogen-bond donors (Lipinski definition) is 2. The fraction of sp³-hybridized carbons (Fsp3) is 0.235. The topological polar surface area (TPSA) is 80.3 Å². The molecule has 0 saturated carbocycles. The van der Waals surface area contributed by atoms with Crippen LogP contribution in [-0.4, -0.2) is 30.0 Å². The van der Waals surface area contributed by atoms with Crippen molar-refractivity contribution < 1.29 is 14.3 Å². The van der Waals surface area contributed by atoms with E-state index in [9.17, 15) is 9.59 Å². The maximum absolute atomic E-state index is 12.0. The summed E-state index contributed by atoms with van der Waals surface area (Å²) in [5.74, 6) is 0.0388. The van der Waals surface area contributed by atoms with Crippen molar-refractivity contribution in [3.63, 3.8) is 0 Å². The van der Waals surface area contributed by atoms with Crippen LogP contribution in [0.5, 0.6) is 0 Å². The number of anilines is 2. The number of ether oxygens (including phenoxy) is 1. The quantitative estimate of drug-likeness (QED) is 0.908. The third kappa shape index (κ3) is 3.92. The van der Waals surface area contributed by atoms with Crippen LogP contribution in [0.25, 0.3) is 0 Å². The first kappa shape index (κ1) is 15.2. The zero-order valence-electron chi connectivity index (χ0n) is 12.5. The molecule has 6 nitrogen and oxygen atoms in total. The van der Waals surface area contributed by atoms with Gasteiger partial charge in [0.05, 0.1) is 24.4 Å². The molecule has 1 fully saturated rings. The highest BCUT2D eigenvalue weighted by molar-refractivity contribution is 6.03. The summed E-state index contributed by atoms with van der Waals surface area (Å²) in [7, 11) is 0. The number of nitrogens with zero attached hydrogens (tertiary/aromatic N) is 1. The molecule has 0 spiro atoms. The minimum absolute atomic E-state index is 0.0645. The molecule has 1 aliphatic heterocycles. The second kappa shape index (κ2) is 7.02. The highest BCUT2D eigenvalue weighted by atomic mass is 16.5. The van der Waals surface area contributed by atoms with Crippen LogP contribution in [0, 0.1) is 5.92 Å². The molecular formula is C17H17N3O3. The molecule has 1 unspecified atom stereocenters. The van der Waals surface area contributed by atoms with Gasteiger partial charge in [0.25, 0.3) is 5.91 Å². The molecule has 3 rings (SSSR count). The Balaban J connectivity index is 1.58. The third-order valence-corrected chi connectivity index (χ3v) is 3.61. The lowest BCUT2D eigenvalue weighted by molar-refractivity contribution is -0.119. The number of amides is 2. The molecule has 1 aliphatic rings. The number of carbonyl (C=O) groups is 2. The molecule has 1 aromatic carbocycles. The Morgan fingerprint density at radius 1 is 1.09 bits per heavy atom. The molecule has 118 valence electrons. The summed E-state index contributed by atoms with van der Waals surface area (Å²) in [6.45, 7) is 1.09. The standard InChI is InChI=1S/C17H17N3O3/c21-16(12-4-2-1-3-5-12)20-15-7-6-14(10-18-15)19-17(22)13-8-9-23-11-13/h1-7,10,13H,8-9,11H2,(H,19,22)(H,18,20,21). The van der Waals surface area contributed by atoms with E-state index in [1.165, 1.54) is 6.20 Å². The van der Waals surface area contributed by atoms with E-state index in [-0.39, 0.29) is 17.7 Å². The summed E-state index contributed by atoms with van der Waals surface area (Å²) in [4.78, 5) is 28.1. The SMILES string of the molecule is O=C(Nc1ccc(NC(=O)C2CCOC2)cn1)c1ccccc1. The first-order chi connectivity index (χ1) is 11.2. The van der Waals surface area contributed by atoms with Crippen molar-refractivity contribution in [3.05, 3.63) is 54.2 Å². The molecule has 2 heterocycles. The maximum atomic E-state index is 12.0. The average molecular weight is 311 g/mol. The molecule has 2 N–H and O–H groups in total. The van der Waals surface area contributed by atoms with Crippen LogP contribution in [0.4, 0.5) is 11.5 Å². The minimum Gasteiger partial charge on any atom is -0.381 e. The summed E-state index contributed by atoms with van der Waals surface area (Å²) in [6.07, 6.45) is 2.26. The average Bonchev–Trinajstić information content (AvgIpc) is 3.12. The first-order valence-electron chi connectivity index (χ1n) is 7.43. The third-order valence-electron chi connectivity index (χ3n) is 3.61. The molecule has 0 aliphatic carbocycles. The highest BCUT2D eigenvalue weighted by Crippen LogP contribution is 2.16. The molecule has 1 saturated heterocycles. The minimum atomic E-state index is -0.224. The van der Waals surface area contributed by atoms with E-state index in [0.717, 1.165) is 6.42 Å². The molecule has 23 heavy (non-hydrogen) atoms. The van der Waals surface area contributed by atoms with Gasteiger partial charge >= 0.3 is 0 Å². The molecule has 6 heteroatoms. The highest BCUT2D eigenvalue weighted by Gasteiger charge is 2.23.